The normalized spacial score (nSPS) is 12.2. The number of alkyl halides is 4. The number of benzene rings is 1. The summed E-state index contributed by atoms with van der Waals surface area (Å²) in [7, 11) is 0. The molecule has 0 saturated heterocycles. The first-order valence-corrected chi connectivity index (χ1v) is 8.04. The van der Waals surface area contributed by atoms with Gasteiger partial charge in [-0.15, -0.1) is 10.2 Å². The monoisotopic (exact) mass is 425 g/mol. The fourth-order valence-corrected chi connectivity index (χ4v) is 2.83. The lowest BCUT2D eigenvalue weighted by Crippen LogP contribution is -2.11. The summed E-state index contributed by atoms with van der Waals surface area (Å²) in [6, 6.07) is 3.99. The largest absolute Gasteiger partial charge is 0.417 e. The maximum absolute atomic E-state index is 13.2. The molecule has 0 aliphatic rings. The van der Waals surface area contributed by atoms with Gasteiger partial charge in [-0.2, -0.15) is 13.2 Å². The minimum Gasteiger partial charge on any atom is -0.308 e. The molecule has 114 valence electrons. The zero-order valence-corrected chi connectivity index (χ0v) is 14.4. The number of nitrogens with zero attached hydrogens (tertiary/aromatic N) is 3. The first kappa shape index (κ1) is 16.5. The Morgan fingerprint density at radius 1 is 1.24 bits per heavy atom. The second-order valence-electron chi connectivity index (χ2n) is 4.72. The maximum Gasteiger partial charge on any atom is 0.417 e. The number of hydrogen-bond donors (Lipinski definition) is 0. The zero-order valence-electron chi connectivity index (χ0n) is 11.2. The van der Waals surface area contributed by atoms with E-state index in [4.69, 9.17) is 0 Å². The van der Waals surface area contributed by atoms with Crippen LogP contribution < -0.4 is 0 Å². The Kier molecular flexibility index (Phi) is 4.77. The summed E-state index contributed by atoms with van der Waals surface area (Å²) in [5.41, 5.74) is -0.702. The summed E-state index contributed by atoms with van der Waals surface area (Å²) in [4.78, 5) is 0. The number of aromatic nitrogens is 3. The van der Waals surface area contributed by atoms with Gasteiger partial charge in [0.05, 0.1) is 10.9 Å². The minimum absolute atomic E-state index is 0.0269. The number of halogens is 5. The molecule has 0 amide bonds. The molecule has 1 aromatic heterocycles. The van der Waals surface area contributed by atoms with Crippen molar-refractivity contribution in [2.75, 3.05) is 0 Å². The van der Waals surface area contributed by atoms with Crippen molar-refractivity contribution in [2.24, 2.45) is 0 Å². The summed E-state index contributed by atoms with van der Waals surface area (Å²) in [5.74, 6) is 0.815. The molecule has 0 spiro atoms. The van der Waals surface area contributed by atoms with Gasteiger partial charge in [0.1, 0.15) is 5.82 Å². The van der Waals surface area contributed by atoms with E-state index in [2.05, 4.69) is 42.1 Å². The fraction of sp³-hybridized carbons (Fsp3) is 0.385. The van der Waals surface area contributed by atoms with Crippen LogP contribution in [0.1, 0.15) is 31.3 Å². The highest BCUT2D eigenvalue weighted by atomic mass is 79.9. The van der Waals surface area contributed by atoms with Gasteiger partial charge < -0.3 is 4.57 Å². The standard InChI is InChI=1S/C13H12Br2F3N3/c1-7(2)21-11(6-14)19-20-12(21)9-4-3-8(15)5-10(9)13(16,17)18/h3-5,7H,6H2,1-2H3. The summed E-state index contributed by atoms with van der Waals surface area (Å²) >= 11 is 6.36. The van der Waals surface area contributed by atoms with Gasteiger partial charge in [0, 0.05) is 16.1 Å². The molecule has 0 radical (unpaired) electrons. The van der Waals surface area contributed by atoms with Gasteiger partial charge in [-0.1, -0.05) is 31.9 Å². The van der Waals surface area contributed by atoms with Crippen molar-refractivity contribution in [3.05, 3.63) is 34.1 Å². The van der Waals surface area contributed by atoms with Crippen molar-refractivity contribution in [3.8, 4) is 11.4 Å². The Labute approximate surface area is 136 Å². The molecule has 0 bridgehead atoms. The third kappa shape index (κ3) is 3.31. The van der Waals surface area contributed by atoms with Crippen molar-refractivity contribution in [2.45, 2.75) is 31.4 Å². The molecular formula is C13H12Br2F3N3. The second-order valence-corrected chi connectivity index (χ2v) is 6.20. The minimum atomic E-state index is -4.46. The SMILES string of the molecule is CC(C)n1c(CBr)nnc1-c1ccc(Br)cc1C(F)(F)F. The van der Waals surface area contributed by atoms with Crippen LogP contribution in [-0.4, -0.2) is 14.8 Å². The molecule has 0 aliphatic heterocycles. The Morgan fingerprint density at radius 2 is 1.90 bits per heavy atom. The van der Waals surface area contributed by atoms with Crippen LogP contribution in [0, 0.1) is 0 Å². The van der Waals surface area contributed by atoms with Crippen molar-refractivity contribution < 1.29 is 13.2 Å². The van der Waals surface area contributed by atoms with Crippen molar-refractivity contribution >= 4 is 31.9 Å². The van der Waals surface area contributed by atoms with Gasteiger partial charge in [0.15, 0.2) is 5.82 Å². The lowest BCUT2D eigenvalue weighted by molar-refractivity contribution is -0.137. The Hall–Kier alpha value is -0.890. The third-order valence-corrected chi connectivity index (χ3v) is 3.93. The molecule has 0 atom stereocenters. The molecule has 1 heterocycles. The predicted octanol–water partition coefficient (Wildman–Crippen LogP) is 5.20. The Balaban J connectivity index is 2.71. The van der Waals surface area contributed by atoms with Crippen LogP contribution >= 0.6 is 31.9 Å². The molecule has 0 unspecified atom stereocenters. The fourth-order valence-electron chi connectivity index (χ4n) is 2.09. The molecule has 0 fully saturated rings. The molecule has 2 aromatic rings. The molecule has 3 nitrogen and oxygen atoms in total. The van der Waals surface area contributed by atoms with Crippen LogP contribution in [0.4, 0.5) is 13.2 Å². The number of rotatable bonds is 3. The number of hydrogen-bond acceptors (Lipinski definition) is 2. The van der Waals surface area contributed by atoms with E-state index in [0.29, 0.717) is 15.6 Å². The predicted molar refractivity (Wildman–Crippen MR) is 81.2 cm³/mol. The van der Waals surface area contributed by atoms with E-state index < -0.39 is 11.7 Å². The molecule has 0 N–H and O–H groups in total. The molecule has 1 aromatic carbocycles. The average molecular weight is 427 g/mol. The maximum atomic E-state index is 13.2. The molecule has 21 heavy (non-hydrogen) atoms. The highest BCUT2D eigenvalue weighted by Crippen LogP contribution is 2.38. The topological polar surface area (TPSA) is 30.7 Å². The average Bonchev–Trinajstić information content (AvgIpc) is 2.81. The van der Waals surface area contributed by atoms with Gasteiger partial charge in [-0.3, -0.25) is 0 Å². The second kappa shape index (κ2) is 6.08. The van der Waals surface area contributed by atoms with Crippen molar-refractivity contribution in [3.63, 3.8) is 0 Å². The summed E-state index contributed by atoms with van der Waals surface area (Å²) in [6.45, 7) is 3.76. The molecule has 2 rings (SSSR count). The van der Waals surface area contributed by atoms with Crippen LogP contribution in [0.2, 0.25) is 0 Å². The molecule has 8 heteroatoms. The zero-order chi connectivity index (χ0) is 15.8. The van der Waals surface area contributed by atoms with E-state index in [1.165, 1.54) is 6.07 Å². The van der Waals surface area contributed by atoms with Crippen LogP contribution in [0.25, 0.3) is 11.4 Å². The van der Waals surface area contributed by atoms with Crippen molar-refractivity contribution in [1.82, 2.24) is 14.8 Å². The highest BCUT2D eigenvalue weighted by molar-refractivity contribution is 9.10. The summed E-state index contributed by atoms with van der Waals surface area (Å²) < 4.78 is 41.8. The third-order valence-electron chi connectivity index (χ3n) is 2.93. The first-order valence-electron chi connectivity index (χ1n) is 6.12. The van der Waals surface area contributed by atoms with Crippen LogP contribution in [0.15, 0.2) is 22.7 Å². The van der Waals surface area contributed by atoms with Crippen LogP contribution in [-0.2, 0) is 11.5 Å². The van der Waals surface area contributed by atoms with Crippen molar-refractivity contribution in [1.29, 1.82) is 0 Å². The van der Waals surface area contributed by atoms with Gasteiger partial charge in [-0.25, -0.2) is 0 Å². The van der Waals surface area contributed by atoms with E-state index >= 15 is 0 Å². The Morgan fingerprint density at radius 3 is 2.43 bits per heavy atom. The van der Waals surface area contributed by atoms with Crippen LogP contribution in [0.3, 0.4) is 0 Å². The Bertz CT molecular complexity index is 651. The smallest absolute Gasteiger partial charge is 0.308 e. The van der Waals surface area contributed by atoms with E-state index in [1.807, 2.05) is 13.8 Å². The molecular weight excluding hydrogens is 415 g/mol. The van der Waals surface area contributed by atoms with E-state index in [1.54, 1.807) is 10.6 Å². The molecule has 0 aliphatic carbocycles. The highest BCUT2D eigenvalue weighted by Gasteiger charge is 2.35. The van der Waals surface area contributed by atoms with Gasteiger partial charge >= 0.3 is 6.18 Å². The van der Waals surface area contributed by atoms with Crippen LogP contribution in [0.5, 0.6) is 0 Å². The van der Waals surface area contributed by atoms with Gasteiger partial charge in [0.2, 0.25) is 0 Å². The lowest BCUT2D eigenvalue weighted by Gasteiger charge is -2.17. The molecule has 0 saturated carbocycles. The van der Waals surface area contributed by atoms with E-state index in [-0.39, 0.29) is 17.4 Å². The van der Waals surface area contributed by atoms with Gasteiger partial charge in [0.25, 0.3) is 0 Å². The summed E-state index contributed by atoms with van der Waals surface area (Å²) in [5, 5.41) is 8.34. The summed E-state index contributed by atoms with van der Waals surface area (Å²) in [6.07, 6.45) is -4.46. The first-order chi connectivity index (χ1) is 9.75. The lowest BCUT2D eigenvalue weighted by atomic mass is 10.1. The quantitative estimate of drug-likeness (QED) is 0.631. The van der Waals surface area contributed by atoms with E-state index in [0.717, 1.165) is 6.07 Å². The van der Waals surface area contributed by atoms with Gasteiger partial charge in [-0.05, 0) is 32.0 Å². The van der Waals surface area contributed by atoms with E-state index in [9.17, 15) is 13.2 Å².